The van der Waals surface area contributed by atoms with Gasteiger partial charge in [0.15, 0.2) is 0 Å². The van der Waals surface area contributed by atoms with E-state index in [9.17, 15) is 22.4 Å². The Morgan fingerprint density at radius 2 is 1.86 bits per heavy atom. The van der Waals surface area contributed by atoms with Crippen molar-refractivity contribution < 1.29 is 22.4 Å². The van der Waals surface area contributed by atoms with Gasteiger partial charge in [-0.25, -0.2) is 17.6 Å². The molecule has 4 fully saturated rings. The highest BCUT2D eigenvalue weighted by molar-refractivity contribution is 7.89. The maximum absolute atomic E-state index is 14.8. The molecule has 13 heteroatoms. The van der Waals surface area contributed by atoms with E-state index in [1.54, 1.807) is 0 Å². The minimum Gasteiger partial charge on any atom is -0.335 e. The van der Waals surface area contributed by atoms with E-state index in [0.717, 1.165) is 52.0 Å². The molecular formula is C23H40ClFN6O4S. The monoisotopic (exact) mass is 550 g/mol. The van der Waals surface area contributed by atoms with Crippen molar-refractivity contribution in [2.75, 3.05) is 39.1 Å². The van der Waals surface area contributed by atoms with Crippen molar-refractivity contribution in [1.29, 1.82) is 0 Å². The molecule has 36 heavy (non-hydrogen) atoms. The molecule has 0 aromatic heterocycles. The Balaban J connectivity index is 1.22. The third-order valence-electron chi connectivity index (χ3n) is 8.15. The number of nitrogens with zero attached hydrogens (tertiary/aromatic N) is 2. The zero-order valence-corrected chi connectivity index (χ0v) is 22.5. The maximum atomic E-state index is 14.8. The summed E-state index contributed by atoms with van der Waals surface area (Å²) in [6.45, 7) is 3.06. The summed E-state index contributed by atoms with van der Waals surface area (Å²) >= 11 is 6.25. The normalized spacial score (nSPS) is 36.1. The zero-order valence-electron chi connectivity index (χ0n) is 20.9. The Kier molecular flexibility index (Phi) is 9.35. The van der Waals surface area contributed by atoms with Crippen molar-refractivity contribution in [2.24, 2.45) is 17.8 Å². The third kappa shape index (κ3) is 7.21. The lowest BCUT2D eigenvalue weighted by molar-refractivity contribution is -0.129. The quantitative estimate of drug-likeness (QED) is 0.278. The molecule has 10 nitrogen and oxygen atoms in total. The average Bonchev–Trinajstić information content (AvgIpc) is 3.48. The van der Waals surface area contributed by atoms with Crippen molar-refractivity contribution in [3.05, 3.63) is 0 Å². The Morgan fingerprint density at radius 3 is 2.56 bits per heavy atom. The second kappa shape index (κ2) is 12.1. The average molecular weight is 551 g/mol. The summed E-state index contributed by atoms with van der Waals surface area (Å²) in [5.41, 5.74) is 2.24. The summed E-state index contributed by atoms with van der Waals surface area (Å²) in [7, 11) is -1.83. The number of hydrogen-bond acceptors (Lipinski definition) is 6. The van der Waals surface area contributed by atoms with E-state index < -0.39 is 33.4 Å². The Bertz CT molecular complexity index is 892. The first-order valence-corrected chi connectivity index (χ1v) is 15.2. The molecule has 4 N–H and O–H groups in total. The summed E-state index contributed by atoms with van der Waals surface area (Å²) < 4.78 is 40.1. The number of likely N-dealkylation sites (tertiary alicyclic amines) is 1. The van der Waals surface area contributed by atoms with Gasteiger partial charge in [0.2, 0.25) is 15.9 Å². The Morgan fingerprint density at radius 1 is 1.11 bits per heavy atom. The van der Waals surface area contributed by atoms with Crippen LogP contribution in [0.3, 0.4) is 0 Å². The van der Waals surface area contributed by atoms with Crippen LogP contribution in [0.4, 0.5) is 9.18 Å². The van der Waals surface area contributed by atoms with Gasteiger partial charge in [-0.3, -0.25) is 20.4 Å². The Hall–Kier alpha value is -1.21. The van der Waals surface area contributed by atoms with E-state index in [4.69, 9.17) is 11.6 Å². The first-order valence-electron chi connectivity index (χ1n) is 13.2. The lowest BCUT2D eigenvalue weighted by Crippen LogP contribution is -2.52. The number of hydrogen-bond donors (Lipinski definition) is 4. The third-order valence-corrected chi connectivity index (χ3v) is 9.89. The van der Waals surface area contributed by atoms with Crippen LogP contribution in [0.1, 0.15) is 51.4 Å². The van der Waals surface area contributed by atoms with E-state index in [-0.39, 0.29) is 35.7 Å². The lowest BCUT2D eigenvalue weighted by Gasteiger charge is -2.37. The summed E-state index contributed by atoms with van der Waals surface area (Å²) in [6.07, 6.45) is 4.39. The molecule has 0 bridgehead atoms. The van der Waals surface area contributed by atoms with E-state index in [1.807, 2.05) is 11.9 Å². The van der Waals surface area contributed by atoms with Crippen LogP contribution in [-0.4, -0.2) is 92.9 Å². The topological polar surface area (TPSA) is 123 Å². The number of halogens is 2. The molecule has 2 aliphatic carbocycles. The predicted octanol–water partition coefficient (Wildman–Crippen LogP) is 1.13. The van der Waals surface area contributed by atoms with E-state index in [0.29, 0.717) is 25.7 Å². The van der Waals surface area contributed by atoms with E-state index >= 15 is 0 Å². The number of piperidine rings is 1. The highest BCUT2D eigenvalue weighted by Crippen LogP contribution is 2.37. The molecule has 4 aliphatic rings. The highest BCUT2D eigenvalue weighted by atomic mass is 35.5. The second-order valence-corrected chi connectivity index (χ2v) is 13.4. The molecule has 4 rings (SSSR count). The fourth-order valence-corrected chi connectivity index (χ4v) is 7.82. The van der Waals surface area contributed by atoms with Crippen LogP contribution in [0.25, 0.3) is 0 Å². The van der Waals surface area contributed by atoms with Gasteiger partial charge in [-0.05, 0) is 70.3 Å². The largest absolute Gasteiger partial charge is 0.335 e. The van der Waals surface area contributed by atoms with Gasteiger partial charge in [-0.2, -0.15) is 0 Å². The second-order valence-electron chi connectivity index (χ2n) is 11.1. The van der Waals surface area contributed by atoms with Gasteiger partial charge in [-0.15, -0.1) is 16.4 Å². The number of hydrazine groups is 1. The van der Waals surface area contributed by atoms with Crippen LogP contribution in [0.5, 0.6) is 0 Å². The number of likely N-dealkylation sites (N-methyl/N-ethyl adjacent to an activating group) is 1. The van der Waals surface area contributed by atoms with Crippen molar-refractivity contribution in [1.82, 2.24) is 30.7 Å². The first-order chi connectivity index (χ1) is 17.1. The zero-order chi connectivity index (χ0) is 25.9. The lowest BCUT2D eigenvalue weighted by atomic mass is 9.76. The summed E-state index contributed by atoms with van der Waals surface area (Å²) in [6, 6.07) is 0.00300. The van der Waals surface area contributed by atoms with Gasteiger partial charge in [0.1, 0.15) is 6.17 Å². The fourth-order valence-electron chi connectivity index (χ4n) is 6.15. The van der Waals surface area contributed by atoms with Crippen molar-refractivity contribution in [2.45, 2.75) is 75.0 Å². The number of amides is 3. The molecule has 0 radical (unpaired) electrons. The van der Waals surface area contributed by atoms with Crippen molar-refractivity contribution in [3.63, 3.8) is 0 Å². The molecular weight excluding hydrogens is 511 g/mol. The van der Waals surface area contributed by atoms with Crippen molar-refractivity contribution >= 4 is 33.6 Å². The highest BCUT2D eigenvalue weighted by Gasteiger charge is 2.44. The molecule has 3 amide bonds. The number of rotatable bonds is 7. The van der Waals surface area contributed by atoms with Gasteiger partial charge >= 0.3 is 6.03 Å². The summed E-state index contributed by atoms with van der Waals surface area (Å²) in [4.78, 5) is 31.3. The van der Waals surface area contributed by atoms with Gasteiger partial charge in [0, 0.05) is 38.4 Å². The SMILES string of the molecule is CN1CNC(C2CC(Cl)C(F)C(C(=O)NNS(=O)(=O)CC3CCC(NC(=O)N4CCCCC4)C3)C2)C1. The summed E-state index contributed by atoms with van der Waals surface area (Å²) in [5, 5.41) is 5.62. The number of alkyl halides is 2. The van der Waals surface area contributed by atoms with Crippen LogP contribution < -0.4 is 20.9 Å². The van der Waals surface area contributed by atoms with Gasteiger partial charge in [0.25, 0.3) is 0 Å². The van der Waals surface area contributed by atoms with Crippen LogP contribution in [0.2, 0.25) is 0 Å². The molecule has 206 valence electrons. The number of sulfonamides is 1. The molecule has 2 saturated heterocycles. The maximum Gasteiger partial charge on any atom is 0.317 e. The smallest absolute Gasteiger partial charge is 0.317 e. The van der Waals surface area contributed by atoms with E-state index in [1.165, 1.54) is 0 Å². The minimum absolute atomic E-state index is 0.0346. The molecule has 0 aromatic carbocycles. The number of nitrogens with one attached hydrogen (secondary N) is 4. The van der Waals surface area contributed by atoms with Crippen LogP contribution >= 0.6 is 11.6 Å². The van der Waals surface area contributed by atoms with Crippen molar-refractivity contribution in [3.8, 4) is 0 Å². The molecule has 2 saturated carbocycles. The summed E-state index contributed by atoms with van der Waals surface area (Å²) in [5.74, 6) is -1.95. The number of carbonyl (C=O) groups is 2. The standard InChI is InChI=1S/C23H40ClFN6O4S/c1-30-12-20(26-14-30)16-10-18(21(25)19(24)11-16)22(32)28-29-36(34,35)13-15-5-6-17(9-15)27-23(33)31-7-3-2-4-8-31/h15-21,26,29H,2-14H2,1H3,(H,27,33)(H,28,32). The molecule has 7 atom stereocenters. The van der Waals surface area contributed by atoms with Crippen LogP contribution in [-0.2, 0) is 14.8 Å². The molecule has 2 aliphatic heterocycles. The first kappa shape index (κ1) is 27.8. The van der Waals surface area contributed by atoms with Crippen LogP contribution in [0.15, 0.2) is 0 Å². The minimum atomic E-state index is -3.82. The Labute approximate surface area is 218 Å². The number of urea groups is 1. The molecule has 2 heterocycles. The van der Waals surface area contributed by atoms with E-state index in [2.05, 4.69) is 25.8 Å². The molecule has 0 spiro atoms. The van der Waals surface area contributed by atoms with Crippen LogP contribution in [0, 0.1) is 17.8 Å². The molecule has 0 aromatic rings. The predicted molar refractivity (Wildman–Crippen MR) is 135 cm³/mol. The molecule has 7 unspecified atom stereocenters. The van der Waals surface area contributed by atoms with Gasteiger partial charge in [0.05, 0.1) is 17.0 Å². The fraction of sp³-hybridized carbons (Fsp3) is 0.913. The van der Waals surface area contributed by atoms with Gasteiger partial charge < -0.3 is 10.2 Å². The van der Waals surface area contributed by atoms with Gasteiger partial charge in [-0.1, -0.05) is 0 Å². The number of carbonyl (C=O) groups excluding carboxylic acids is 2.